The number of hydrogen-bond donors (Lipinski definition) is 1. The van der Waals surface area contributed by atoms with Crippen LogP contribution < -0.4 is 5.32 Å². The quantitative estimate of drug-likeness (QED) is 0.876. The first kappa shape index (κ1) is 14.3. The highest BCUT2D eigenvalue weighted by atomic mass is 35.5. The molecule has 0 atom stereocenters. The van der Waals surface area contributed by atoms with Crippen LogP contribution in [0.2, 0.25) is 5.02 Å². The summed E-state index contributed by atoms with van der Waals surface area (Å²) < 4.78 is 4.69. The summed E-state index contributed by atoms with van der Waals surface area (Å²) in [6.45, 7) is 2.61. The molecule has 0 saturated heterocycles. The maximum Gasteiger partial charge on any atom is 0.337 e. The van der Waals surface area contributed by atoms with Crippen LogP contribution in [0, 0.1) is 6.92 Å². The molecule has 0 aliphatic heterocycles. The maximum absolute atomic E-state index is 11.5. The number of halogens is 1. The molecule has 2 aromatic rings. The molecule has 4 nitrogen and oxygen atoms in total. The van der Waals surface area contributed by atoms with Gasteiger partial charge in [0.15, 0.2) is 0 Å². The Labute approximate surface area is 122 Å². The van der Waals surface area contributed by atoms with Gasteiger partial charge in [-0.2, -0.15) is 0 Å². The molecule has 104 valence electrons. The average molecular weight is 291 g/mol. The van der Waals surface area contributed by atoms with Gasteiger partial charge in [-0.1, -0.05) is 11.6 Å². The number of rotatable bonds is 4. The summed E-state index contributed by atoms with van der Waals surface area (Å²) in [5, 5.41) is 3.76. The Morgan fingerprint density at radius 3 is 2.90 bits per heavy atom. The van der Waals surface area contributed by atoms with Crippen LogP contribution >= 0.6 is 11.6 Å². The second-order valence-electron chi connectivity index (χ2n) is 4.34. The minimum Gasteiger partial charge on any atom is -0.465 e. The van der Waals surface area contributed by atoms with Crippen LogP contribution in [-0.4, -0.2) is 18.1 Å². The SMILES string of the molecule is COC(=O)c1ccc(Cl)c(NCc2cnccc2C)c1. The first-order valence-corrected chi connectivity index (χ1v) is 6.51. The summed E-state index contributed by atoms with van der Waals surface area (Å²) >= 11 is 6.12. The fraction of sp³-hybridized carbons (Fsp3) is 0.200. The number of carbonyl (C=O) groups is 1. The lowest BCUT2D eigenvalue weighted by Gasteiger charge is -2.11. The molecule has 0 radical (unpaired) electrons. The minimum absolute atomic E-state index is 0.387. The Bertz CT molecular complexity index is 629. The Morgan fingerprint density at radius 2 is 2.20 bits per heavy atom. The average Bonchev–Trinajstić information content (AvgIpc) is 2.47. The zero-order valence-electron chi connectivity index (χ0n) is 11.3. The molecule has 5 heteroatoms. The van der Waals surface area contributed by atoms with Crippen LogP contribution in [0.1, 0.15) is 21.5 Å². The lowest BCUT2D eigenvalue weighted by atomic mass is 10.1. The van der Waals surface area contributed by atoms with Gasteiger partial charge in [0.05, 0.1) is 23.4 Å². The monoisotopic (exact) mass is 290 g/mol. The number of esters is 1. The molecular formula is C15H15ClN2O2. The number of anilines is 1. The van der Waals surface area contributed by atoms with Crippen LogP contribution in [0.4, 0.5) is 5.69 Å². The predicted molar refractivity (Wildman–Crippen MR) is 79.1 cm³/mol. The van der Waals surface area contributed by atoms with Gasteiger partial charge in [0.1, 0.15) is 0 Å². The van der Waals surface area contributed by atoms with Crippen molar-refractivity contribution in [2.75, 3.05) is 12.4 Å². The number of ether oxygens (including phenoxy) is 1. The third-order valence-electron chi connectivity index (χ3n) is 3.00. The van der Waals surface area contributed by atoms with Crippen molar-refractivity contribution in [2.45, 2.75) is 13.5 Å². The van der Waals surface area contributed by atoms with Crippen molar-refractivity contribution >= 4 is 23.3 Å². The van der Waals surface area contributed by atoms with E-state index in [0.717, 1.165) is 11.1 Å². The molecule has 1 N–H and O–H groups in total. The molecule has 0 amide bonds. The van der Waals surface area contributed by atoms with Gasteiger partial charge in [-0.15, -0.1) is 0 Å². The molecule has 0 unspecified atom stereocenters. The van der Waals surface area contributed by atoms with Gasteiger partial charge in [0, 0.05) is 18.9 Å². The van der Waals surface area contributed by atoms with Crippen molar-refractivity contribution in [2.24, 2.45) is 0 Å². The van der Waals surface area contributed by atoms with Crippen molar-refractivity contribution in [1.29, 1.82) is 0 Å². The Balaban J connectivity index is 2.17. The molecule has 1 aromatic carbocycles. The molecule has 20 heavy (non-hydrogen) atoms. The smallest absolute Gasteiger partial charge is 0.337 e. The van der Waals surface area contributed by atoms with E-state index >= 15 is 0 Å². The van der Waals surface area contributed by atoms with E-state index in [1.807, 2.05) is 13.0 Å². The Hall–Kier alpha value is -2.07. The summed E-state index contributed by atoms with van der Waals surface area (Å²) in [6.07, 6.45) is 3.56. The number of hydrogen-bond acceptors (Lipinski definition) is 4. The van der Waals surface area contributed by atoms with Crippen molar-refractivity contribution in [3.63, 3.8) is 0 Å². The van der Waals surface area contributed by atoms with Crippen LogP contribution in [-0.2, 0) is 11.3 Å². The topological polar surface area (TPSA) is 51.2 Å². The summed E-state index contributed by atoms with van der Waals surface area (Å²) in [4.78, 5) is 15.6. The normalized spacial score (nSPS) is 10.2. The molecule has 0 bridgehead atoms. The maximum atomic E-state index is 11.5. The highest BCUT2D eigenvalue weighted by Gasteiger charge is 2.09. The number of pyridine rings is 1. The van der Waals surface area contributed by atoms with Gasteiger partial charge in [0.2, 0.25) is 0 Å². The largest absolute Gasteiger partial charge is 0.465 e. The van der Waals surface area contributed by atoms with Gasteiger partial charge < -0.3 is 10.1 Å². The van der Waals surface area contributed by atoms with E-state index in [1.54, 1.807) is 30.6 Å². The lowest BCUT2D eigenvalue weighted by Crippen LogP contribution is -2.05. The van der Waals surface area contributed by atoms with Gasteiger partial charge in [0.25, 0.3) is 0 Å². The van der Waals surface area contributed by atoms with E-state index < -0.39 is 0 Å². The van der Waals surface area contributed by atoms with Crippen LogP contribution in [0.15, 0.2) is 36.7 Å². The summed E-state index contributed by atoms with van der Waals surface area (Å²) in [5.41, 5.74) is 3.37. The van der Waals surface area contributed by atoms with E-state index in [4.69, 9.17) is 16.3 Å². The van der Waals surface area contributed by atoms with Gasteiger partial charge >= 0.3 is 5.97 Å². The minimum atomic E-state index is -0.387. The van der Waals surface area contributed by atoms with Crippen LogP contribution in [0.5, 0.6) is 0 Å². The number of methoxy groups -OCH3 is 1. The zero-order chi connectivity index (χ0) is 14.5. The van der Waals surface area contributed by atoms with Crippen molar-refractivity contribution in [1.82, 2.24) is 4.98 Å². The Kier molecular flexibility index (Phi) is 4.58. The molecule has 1 aromatic heterocycles. The molecule has 0 aliphatic rings. The lowest BCUT2D eigenvalue weighted by molar-refractivity contribution is 0.0601. The molecular weight excluding hydrogens is 276 g/mol. The first-order chi connectivity index (χ1) is 9.61. The highest BCUT2D eigenvalue weighted by Crippen LogP contribution is 2.24. The standard InChI is InChI=1S/C15H15ClN2O2/c1-10-5-6-17-8-12(10)9-18-14-7-11(15(19)20-2)3-4-13(14)16/h3-8,18H,9H2,1-2H3. The van der Waals surface area contributed by atoms with Gasteiger partial charge in [-0.05, 0) is 42.3 Å². The molecule has 0 aliphatic carbocycles. The third kappa shape index (κ3) is 3.27. The predicted octanol–water partition coefficient (Wildman–Crippen LogP) is 3.44. The first-order valence-electron chi connectivity index (χ1n) is 6.13. The zero-order valence-corrected chi connectivity index (χ0v) is 12.1. The van der Waals surface area contributed by atoms with E-state index in [2.05, 4.69) is 10.3 Å². The van der Waals surface area contributed by atoms with E-state index in [9.17, 15) is 4.79 Å². The second kappa shape index (κ2) is 6.39. The summed E-state index contributed by atoms with van der Waals surface area (Å²) in [5.74, 6) is -0.387. The van der Waals surface area contributed by atoms with E-state index in [0.29, 0.717) is 22.8 Å². The van der Waals surface area contributed by atoms with Crippen LogP contribution in [0.25, 0.3) is 0 Å². The fourth-order valence-electron chi connectivity index (χ4n) is 1.78. The van der Waals surface area contributed by atoms with E-state index in [1.165, 1.54) is 7.11 Å². The highest BCUT2D eigenvalue weighted by molar-refractivity contribution is 6.33. The molecule has 0 spiro atoms. The number of benzene rings is 1. The van der Waals surface area contributed by atoms with Crippen molar-refractivity contribution in [3.8, 4) is 0 Å². The fourth-order valence-corrected chi connectivity index (χ4v) is 1.96. The second-order valence-corrected chi connectivity index (χ2v) is 4.75. The van der Waals surface area contributed by atoms with E-state index in [-0.39, 0.29) is 5.97 Å². The number of aryl methyl sites for hydroxylation is 1. The van der Waals surface area contributed by atoms with Crippen molar-refractivity contribution < 1.29 is 9.53 Å². The molecule has 0 saturated carbocycles. The van der Waals surface area contributed by atoms with Gasteiger partial charge in [-0.3, -0.25) is 4.98 Å². The number of nitrogens with zero attached hydrogens (tertiary/aromatic N) is 1. The Morgan fingerprint density at radius 1 is 1.40 bits per heavy atom. The molecule has 1 heterocycles. The number of aromatic nitrogens is 1. The number of nitrogens with one attached hydrogen (secondary N) is 1. The van der Waals surface area contributed by atoms with Crippen molar-refractivity contribution in [3.05, 3.63) is 58.4 Å². The molecule has 2 rings (SSSR count). The van der Waals surface area contributed by atoms with Crippen LogP contribution in [0.3, 0.4) is 0 Å². The summed E-state index contributed by atoms with van der Waals surface area (Å²) in [6, 6.07) is 6.93. The number of carbonyl (C=O) groups excluding carboxylic acids is 1. The molecule has 0 fully saturated rings. The van der Waals surface area contributed by atoms with Gasteiger partial charge in [-0.25, -0.2) is 4.79 Å². The summed E-state index contributed by atoms with van der Waals surface area (Å²) in [7, 11) is 1.35. The third-order valence-corrected chi connectivity index (χ3v) is 3.33.